The van der Waals surface area contributed by atoms with E-state index in [1.165, 1.54) is 6.92 Å². The zero-order valence-electron chi connectivity index (χ0n) is 15.3. The van der Waals surface area contributed by atoms with Crippen LogP contribution in [0.4, 0.5) is 5.69 Å². The van der Waals surface area contributed by atoms with Crippen LogP contribution in [0.25, 0.3) is 0 Å². The highest BCUT2D eigenvalue weighted by Crippen LogP contribution is 2.32. The average molecular weight is 389 g/mol. The summed E-state index contributed by atoms with van der Waals surface area (Å²) in [5.41, 5.74) is 2.57. The van der Waals surface area contributed by atoms with Gasteiger partial charge in [0, 0.05) is 37.1 Å². The molecule has 0 bridgehead atoms. The van der Waals surface area contributed by atoms with Crippen LogP contribution in [-0.2, 0) is 16.1 Å². The molecule has 1 aliphatic rings. The normalized spacial score (nSPS) is 12.0. The summed E-state index contributed by atoms with van der Waals surface area (Å²) >= 11 is 5.98. The van der Waals surface area contributed by atoms with Crippen molar-refractivity contribution >= 4 is 29.1 Å². The molecule has 0 radical (unpaired) electrons. The van der Waals surface area contributed by atoms with Gasteiger partial charge in [0.05, 0.1) is 0 Å². The van der Waals surface area contributed by atoms with Gasteiger partial charge in [0.1, 0.15) is 0 Å². The van der Waals surface area contributed by atoms with Gasteiger partial charge in [-0.05, 0) is 48.4 Å². The van der Waals surface area contributed by atoms with E-state index in [4.69, 9.17) is 21.1 Å². The van der Waals surface area contributed by atoms with Crippen molar-refractivity contribution in [1.29, 1.82) is 0 Å². The average Bonchev–Trinajstić information content (AvgIpc) is 3.09. The minimum absolute atomic E-state index is 0.121. The third-order valence-corrected chi connectivity index (χ3v) is 4.55. The lowest BCUT2D eigenvalue weighted by molar-refractivity contribution is -0.121. The first kappa shape index (κ1) is 19.0. The second-order valence-electron chi connectivity index (χ2n) is 6.32. The summed E-state index contributed by atoms with van der Waals surface area (Å²) in [5, 5.41) is 3.48. The van der Waals surface area contributed by atoms with Crippen molar-refractivity contribution in [2.24, 2.45) is 0 Å². The number of aryl methyl sites for hydroxylation is 1. The van der Waals surface area contributed by atoms with Crippen LogP contribution >= 0.6 is 11.6 Å². The lowest BCUT2D eigenvalue weighted by Gasteiger charge is -2.23. The molecule has 2 aromatic rings. The first-order chi connectivity index (χ1) is 12.9. The maximum absolute atomic E-state index is 12.2. The summed E-state index contributed by atoms with van der Waals surface area (Å²) in [6, 6.07) is 10.9. The number of carbonyl (C=O) groups excluding carboxylic acids is 2. The molecule has 0 unspecified atom stereocenters. The third kappa shape index (κ3) is 4.71. The number of fused-ring (bicyclic) bond motifs is 1. The smallest absolute Gasteiger partial charge is 0.231 e. The maximum Gasteiger partial charge on any atom is 0.231 e. The summed E-state index contributed by atoms with van der Waals surface area (Å²) in [4.78, 5) is 25.8. The highest BCUT2D eigenvalue weighted by Gasteiger charge is 2.16. The molecule has 1 heterocycles. The Morgan fingerprint density at radius 2 is 1.93 bits per heavy atom. The zero-order chi connectivity index (χ0) is 19.4. The SMILES string of the molecule is CC(=O)N(CCC(=O)NCc1ccc2c(c1)OCO2)c1ccc(Cl)cc1C. The molecule has 2 aromatic carbocycles. The monoisotopic (exact) mass is 388 g/mol. The number of nitrogens with one attached hydrogen (secondary N) is 1. The molecule has 0 aromatic heterocycles. The Morgan fingerprint density at radius 1 is 1.15 bits per heavy atom. The van der Waals surface area contributed by atoms with Crippen LogP contribution in [0.5, 0.6) is 11.5 Å². The van der Waals surface area contributed by atoms with Gasteiger partial charge in [0.15, 0.2) is 11.5 Å². The number of nitrogens with zero attached hydrogens (tertiary/aromatic N) is 1. The van der Waals surface area contributed by atoms with Gasteiger partial charge in [0.25, 0.3) is 0 Å². The topological polar surface area (TPSA) is 67.9 Å². The fourth-order valence-corrected chi connectivity index (χ4v) is 3.15. The number of carbonyl (C=O) groups is 2. The lowest BCUT2D eigenvalue weighted by Crippen LogP contribution is -2.34. The van der Waals surface area contributed by atoms with Gasteiger partial charge < -0.3 is 19.7 Å². The van der Waals surface area contributed by atoms with Crippen LogP contribution < -0.4 is 19.7 Å². The summed E-state index contributed by atoms with van der Waals surface area (Å²) in [6.45, 7) is 4.27. The van der Waals surface area contributed by atoms with Gasteiger partial charge >= 0.3 is 0 Å². The van der Waals surface area contributed by atoms with Crippen molar-refractivity contribution in [1.82, 2.24) is 5.32 Å². The predicted octanol–water partition coefficient (Wildman–Crippen LogP) is 3.44. The number of halogens is 1. The fourth-order valence-electron chi connectivity index (χ4n) is 2.92. The molecule has 1 N–H and O–H groups in total. The van der Waals surface area contributed by atoms with Gasteiger partial charge in [-0.15, -0.1) is 0 Å². The summed E-state index contributed by atoms with van der Waals surface area (Å²) < 4.78 is 10.6. The highest BCUT2D eigenvalue weighted by molar-refractivity contribution is 6.30. The van der Waals surface area contributed by atoms with E-state index in [1.54, 1.807) is 23.1 Å². The molecule has 27 heavy (non-hydrogen) atoms. The minimum atomic E-state index is -0.134. The molecule has 2 amide bonds. The quantitative estimate of drug-likeness (QED) is 0.823. The molecule has 0 aliphatic carbocycles. The maximum atomic E-state index is 12.2. The van der Waals surface area contributed by atoms with Gasteiger partial charge in [0.2, 0.25) is 18.6 Å². The second kappa shape index (κ2) is 8.31. The van der Waals surface area contributed by atoms with Crippen molar-refractivity contribution in [2.75, 3.05) is 18.2 Å². The minimum Gasteiger partial charge on any atom is -0.454 e. The van der Waals surface area contributed by atoms with E-state index in [0.29, 0.717) is 29.6 Å². The summed E-state index contributed by atoms with van der Waals surface area (Å²) in [5.74, 6) is 1.14. The molecule has 1 aliphatic heterocycles. The number of anilines is 1. The molecule has 0 saturated heterocycles. The molecule has 7 heteroatoms. The Kier molecular flexibility index (Phi) is 5.86. The first-order valence-electron chi connectivity index (χ1n) is 8.63. The van der Waals surface area contributed by atoms with Crippen LogP contribution in [0.2, 0.25) is 5.02 Å². The van der Waals surface area contributed by atoms with E-state index in [1.807, 2.05) is 25.1 Å². The van der Waals surface area contributed by atoms with Crippen LogP contribution in [0.15, 0.2) is 36.4 Å². The molecule has 0 spiro atoms. The van der Waals surface area contributed by atoms with Gasteiger partial charge in [-0.1, -0.05) is 17.7 Å². The van der Waals surface area contributed by atoms with Crippen molar-refractivity contribution in [3.05, 3.63) is 52.5 Å². The number of hydrogen-bond acceptors (Lipinski definition) is 4. The Labute approximate surface area is 163 Å². The highest BCUT2D eigenvalue weighted by atomic mass is 35.5. The second-order valence-corrected chi connectivity index (χ2v) is 6.75. The number of ether oxygens (including phenoxy) is 2. The number of benzene rings is 2. The van der Waals surface area contributed by atoms with Gasteiger partial charge in [-0.3, -0.25) is 9.59 Å². The van der Waals surface area contributed by atoms with E-state index >= 15 is 0 Å². The Balaban J connectivity index is 1.56. The first-order valence-corrected chi connectivity index (χ1v) is 9.01. The number of hydrogen-bond donors (Lipinski definition) is 1. The Bertz CT molecular complexity index is 869. The third-order valence-electron chi connectivity index (χ3n) is 4.32. The molecule has 6 nitrogen and oxygen atoms in total. The summed E-state index contributed by atoms with van der Waals surface area (Å²) in [6.07, 6.45) is 0.201. The molecule has 142 valence electrons. The van der Waals surface area contributed by atoms with Crippen molar-refractivity contribution in [3.63, 3.8) is 0 Å². The molecular formula is C20H21ClN2O4. The van der Waals surface area contributed by atoms with Crippen molar-refractivity contribution < 1.29 is 19.1 Å². The largest absolute Gasteiger partial charge is 0.454 e. The molecule has 0 atom stereocenters. The van der Waals surface area contributed by atoms with Gasteiger partial charge in [-0.2, -0.15) is 0 Å². The molecule has 0 saturated carbocycles. The van der Waals surface area contributed by atoms with E-state index < -0.39 is 0 Å². The van der Waals surface area contributed by atoms with Crippen molar-refractivity contribution in [2.45, 2.75) is 26.8 Å². The van der Waals surface area contributed by atoms with Crippen LogP contribution in [-0.4, -0.2) is 25.2 Å². The lowest BCUT2D eigenvalue weighted by atomic mass is 10.1. The number of amides is 2. The van der Waals surface area contributed by atoms with E-state index in [2.05, 4.69) is 5.32 Å². The van der Waals surface area contributed by atoms with E-state index in [0.717, 1.165) is 16.8 Å². The van der Waals surface area contributed by atoms with Crippen molar-refractivity contribution in [3.8, 4) is 11.5 Å². The Morgan fingerprint density at radius 3 is 2.67 bits per heavy atom. The zero-order valence-corrected chi connectivity index (χ0v) is 16.0. The molecule has 3 rings (SSSR count). The standard InChI is InChI=1S/C20H21ClN2O4/c1-13-9-16(21)4-5-17(13)23(14(2)24)8-7-20(25)22-11-15-3-6-18-19(10-15)27-12-26-18/h3-6,9-10H,7-8,11-12H2,1-2H3,(H,22,25). The fraction of sp³-hybridized carbons (Fsp3) is 0.300. The van der Waals surface area contributed by atoms with Crippen LogP contribution in [0, 0.1) is 6.92 Å². The predicted molar refractivity (Wildman–Crippen MR) is 103 cm³/mol. The summed E-state index contributed by atoms with van der Waals surface area (Å²) in [7, 11) is 0. The Hall–Kier alpha value is -2.73. The van der Waals surface area contributed by atoms with Crippen LogP contribution in [0.1, 0.15) is 24.5 Å². The van der Waals surface area contributed by atoms with E-state index in [-0.39, 0.29) is 25.0 Å². The van der Waals surface area contributed by atoms with E-state index in [9.17, 15) is 9.59 Å². The van der Waals surface area contributed by atoms with Crippen LogP contribution in [0.3, 0.4) is 0 Å². The molecule has 0 fully saturated rings. The molecular weight excluding hydrogens is 368 g/mol. The number of rotatable bonds is 6. The van der Waals surface area contributed by atoms with Gasteiger partial charge in [-0.25, -0.2) is 0 Å².